The van der Waals surface area contributed by atoms with E-state index in [1.54, 1.807) is 18.2 Å². The molecule has 0 saturated heterocycles. The van der Waals surface area contributed by atoms with Gasteiger partial charge in [0.05, 0.1) is 0 Å². The van der Waals surface area contributed by atoms with Gasteiger partial charge in [-0.25, -0.2) is 0 Å². The monoisotopic (exact) mass is 416 g/mol. The third kappa shape index (κ3) is 5.24. The third-order valence-corrected chi connectivity index (χ3v) is 5.16. The predicted octanol–water partition coefficient (Wildman–Crippen LogP) is 7.93. The molecule has 0 atom stereocenters. The van der Waals surface area contributed by atoms with E-state index < -0.39 is 0 Å². The molecule has 2 nitrogen and oxygen atoms in total. The van der Waals surface area contributed by atoms with E-state index in [-0.39, 0.29) is 0 Å². The summed E-state index contributed by atoms with van der Waals surface area (Å²) < 4.78 is 0. The molecule has 0 bridgehead atoms. The minimum absolute atomic E-state index is 0.323. The molecule has 6 aromatic carbocycles. The summed E-state index contributed by atoms with van der Waals surface area (Å²) in [5, 5.41) is 25.3. The Bertz CT molecular complexity index is 1380. The third-order valence-electron chi connectivity index (χ3n) is 5.16. The number of benzene rings is 6. The van der Waals surface area contributed by atoms with E-state index in [0.29, 0.717) is 11.5 Å². The summed E-state index contributed by atoms with van der Waals surface area (Å²) in [6, 6.07) is 43.3. The molecule has 0 aliphatic heterocycles. The lowest BCUT2D eigenvalue weighted by Crippen LogP contribution is -1.70. The summed E-state index contributed by atoms with van der Waals surface area (Å²) in [6.45, 7) is 0. The van der Waals surface area contributed by atoms with Crippen LogP contribution in [0.4, 0.5) is 0 Å². The van der Waals surface area contributed by atoms with Crippen LogP contribution in [0.2, 0.25) is 0 Å². The molecule has 0 unspecified atom stereocenters. The molecule has 0 saturated carbocycles. The molecule has 6 rings (SSSR count). The zero-order chi connectivity index (χ0) is 22.2. The summed E-state index contributed by atoms with van der Waals surface area (Å²) in [7, 11) is 0. The number of rotatable bonds is 0. The number of phenolic OH excluding ortho intramolecular Hbond substituents is 2. The Morgan fingerprint density at radius 2 is 0.781 bits per heavy atom. The van der Waals surface area contributed by atoms with Crippen LogP contribution in [0.1, 0.15) is 0 Å². The van der Waals surface area contributed by atoms with Crippen LogP contribution in [0.15, 0.2) is 133 Å². The van der Waals surface area contributed by atoms with Crippen LogP contribution in [0.3, 0.4) is 0 Å². The van der Waals surface area contributed by atoms with Crippen molar-refractivity contribution in [3.63, 3.8) is 0 Å². The Balaban J connectivity index is 0.000000115. The van der Waals surface area contributed by atoms with Gasteiger partial charge in [-0.05, 0) is 45.1 Å². The molecule has 156 valence electrons. The van der Waals surface area contributed by atoms with Crippen molar-refractivity contribution < 1.29 is 10.2 Å². The van der Waals surface area contributed by atoms with E-state index in [4.69, 9.17) is 5.11 Å². The van der Waals surface area contributed by atoms with Gasteiger partial charge in [-0.3, -0.25) is 0 Å². The second-order valence-corrected chi connectivity index (χ2v) is 7.38. The first-order chi connectivity index (χ1) is 15.7. The topological polar surface area (TPSA) is 40.5 Å². The number of fused-ring (bicyclic) bond motifs is 3. The molecule has 0 heterocycles. The van der Waals surface area contributed by atoms with E-state index in [0.717, 1.165) is 21.5 Å². The van der Waals surface area contributed by atoms with Crippen molar-refractivity contribution in [1.29, 1.82) is 0 Å². The highest BCUT2D eigenvalue weighted by Gasteiger charge is 1.94. The maximum Gasteiger partial charge on any atom is 0.123 e. The van der Waals surface area contributed by atoms with Crippen LogP contribution < -0.4 is 0 Å². The average Bonchev–Trinajstić information content (AvgIpc) is 2.85. The van der Waals surface area contributed by atoms with Crippen molar-refractivity contribution in [2.45, 2.75) is 0 Å². The fourth-order valence-corrected chi connectivity index (χ4v) is 3.52. The second-order valence-electron chi connectivity index (χ2n) is 7.38. The van der Waals surface area contributed by atoms with Crippen molar-refractivity contribution in [2.75, 3.05) is 0 Å². The summed E-state index contributed by atoms with van der Waals surface area (Å²) in [4.78, 5) is 0. The largest absolute Gasteiger partial charge is 0.508 e. The molecule has 0 spiro atoms. The number of aromatic hydroxyl groups is 2. The van der Waals surface area contributed by atoms with Crippen molar-refractivity contribution >= 4 is 32.3 Å². The smallest absolute Gasteiger partial charge is 0.123 e. The summed E-state index contributed by atoms with van der Waals surface area (Å²) >= 11 is 0. The lowest BCUT2D eigenvalue weighted by atomic mass is 10.1. The average molecular weight is 417 g/mol. The van der Waals surface area contributed by atoms with E-state index >= 15 is 0 Å². The zero-order valence-electron chi connectivity index (χ0n) is 17.6. The van der Waals surface area contributed by atoms with Gasteiger partial charge in [0, 0.05) is 5.39 Å². The number of phenols is 2. The second kappa shape index (κ2) is 10.1. The summed E-state index contributed by atoms with van der Waals surface area (Å²) in [5.41, 5.74) is 0. The quantitative estimate of drug-likeness (QED) is 0.264. The van der Waals surface area contributed by atoms with Crippen LogP contribution in [0, 0.1) is 0 Å². The van der Waals surface area contributed by atoms with Gasteiger partial charge in [0.25, 0.3) is 0 Å². The van der Waals surface area contributed by atoms with Gasteiger partial charge in [-0.2, -0.15) is 0 Å². The van der Waals surface area contributed by atoms with E-state index in [1.165, 1.54) is 10.8 Å². The number of hydrogen-bond acceptors (Lipinski definition) is 2. The van der Waals surface area contributed by atoms with Crippen LogP contribution in [-0.4, -0.2) is 10.2 Å². The molecule has 0 aliphatic rings. The van der Waals surface area contributed by atoms with Gasteiger partial charge in [0.1, 0.15) is 11.5 Å². The Hall–Kier alpha value is -4.30. The molecule has 2 N–H and O–H groups in total. The number of hydrogen-bond donors (Lipinski definition) is 2. The first kappa shape index (κ1) is 21.0. The molecule has 0 amide bonds. The van der Waals surface area contributed by atoms with Crippen molar-refractivity contribution in [3.05, 3.63) is 133 Å². The van der Waals surface area contributed by atoms with Crippen LogP contribution in [0.5, 0.6) is 11.5 Å². The minimum atomic E-state index is 0.323. The molecule has 0 radical (unpaired) electrons. The fraction of sp³-hybridized carbons (Fsp3) is 0. The van der Waals surface area contributed by atoms with Gasteiger partial charge in [0.15, 0.2) is 0 Å². The Morgan fingerprint density at radius 1 is 0.344 bits per heavy atom. The SMILES string of the molecule is Oc1ccc2ccccc2c1.Oc1cccc2ccccc12.c1ccc2ccccc2c1. The highest BCUT2D eigenvalue weighted by Crippen LogP contribution is 2.23. The highest BCUT2D eigenvalue weighted by atomic mass is 16.3. The Kier molecular flexibility index (Phi) is 6.64. The summed E-state index contributed by atoms with van der Waals surface area (Å²) in [6.07, 6.45) is 0. The molecule has 2 heteroatoms. The minimum Gasteiger partial charge on any atom is -0.508 e. The van der Waals surface area contributed by atoms with Gasteiger partial charge in [-0.15, -0.1) is 0 Å². The van der Waals surface area contributed by atoms with Gasteiger partial charge in [0.2, 0.25) is 0 Å². The first-order valence-corrected chi connectivity index (χ1v) is 10.5. The van der Waals surface area contributed by atoms with Crippen LogP contribution >= 0.6 is 0 Å². The zero-order valence-corrected chi connectivity index (χ0v) is 17.6. The first-order valence-electron chi connectivity index (χ1n) is 10.5. The molecular weight excluding hydrogens is 392 g/mol. The van der Waals surface area contributed by atoms with Gasteiger partial charge >= 0.3 is 0 Å². The molecule has 6 aromatic rings. The molecular formula is C30H24O2. The van der Waals surface area contributed by atoms with Crippen molar-refractivity contribution in [3.8, 4) is 11.5 Å². The lowest BCUT2D eigenvalue weighted by molar-refractivity contribution is 0.476. The van der Waals surface area contributed by atoms with Crippen molar-refractivity contribution in [2.24, 2.45) is 0 Å². The molecule has 0 fully saturated rings. The Morgan fingerprint density at radius 3 is 1.34 bits per heavy atom. The van der Waals surface area contributed by atoms with Crippen LogP contribution in [-0.2, 0) is 0 Å². The highest BCUT2D eigenvalue weighted by molar-refractivity contribution is 5.87. The molecule has 32 heavy (non-hydrogen) atoms. The van der Waals surface area contributed by atoms with Gasteiger partial charge in [-0.1, -0.05) is 115 Å². The van der Waals surface area contributed by atoms with E-state index in [2.05, 4.69) is 48.5 Å². The normalized spacial score (nSPS) is 10.1. The van der Waals surface area contributed by atoms with E-state index in [9.17, 15) is 5.11 Å². The lowest BCUT2D eigenvalue weighted by Gasteiger charge is -1.97. The molecule has 0 aliphatic carbocycles. The standard InChI is InChI=1S/2C10H8O.C10H8/c11-10-7-3-5-8-4-1-2-6-9(8)10;11-10-6-5-8-3-1-2-4-9(8)7-10;1-2-6-10-8-4-3-7-9(10)5-1/h2*1-7,11H;1-8H. The summed E-state index contributed by atoms with van der Waals surface area (Å²) in [5.74, 6) is 0.673. The van der Waals surface area contributed by atoms with E-state index in [1.807, 2.05) is 66.7 Å². The molecule has 0 aromatic heterocycles. The predicted molar refractivity (Wildman–Crippen MR) is 135 cm³/mol. The maximum atomic E-state index is 9.37. The van der Waals surface area contributed by atoms with Crippen molar-refractivity contribution in [1.82, 2.24) is 0 Å². The van der Waals surface area contributed by atoms with Crippen LogP contribution in [0.25, 0.3) is 32.3 Å². The Labute approximate surface area is 187 Å². The maximum absolute atomic E-state index is 9.37. The fourth-order valence-electron chi connectivity index (χ4n) is 3.52. The van der Waals surface area contributed by atoms with Gasteiger partial charge < -0.3 is 10.2 Å².